The van der Waals surface area contributed by atoms with Crippen LogP contribution in [0.3, 0.4) is 0 Å². The van der Waals surface area contributed by atoms with Gasteiger partial charge in [0.25, 0.3) is 0 Å². The Bertz CT molecular complexity index is 426. The normalized spacial score (nSPS) is 10.9. The van der Waals surface area contributed by atoms with E-state index in [0.29, 0.717) is 0 Å². The van der Waals surface area contributed by atoms with Crippen LogP contribution in [0, 0.1) is 6.92 Å². The predicted octanol–water partition coefficient (Wildman–Crippen LogP) is 1.91. The first kappa shape index (κ1) is 17.9. The molecule has 0 saturated carbocycles. The van der Waals surface area contributed by atoms with Crippen molar-refractivity contribution >= 4 is 17.3 Å². The highest BCUT2D eigenvalue weighted by molar-refractivity contribution is 7.80. The molecule has 0 spiro atoms. The molecule has 0 unspecified atom stereocenters. The average Bonchev–Trinajstić information content (AvgIpc) is 2.85. The fraction of sp³-hybridized carbons (Fsp3) is 0.733. The van der Waals surface area contributed by atoms with E-state index in [-0.39, 0.29) is 0 Å². The van der Waals surface area contributed by atoms with Crippen LogP contribution in [0.4, 0.5) is 0 Å². The van der Waals surface area contributed by atoms with Gasteiger partial charge in [-0.2, -0.15) is 5.10 Å². The maximum atomic E-state index is 5.30. The molecular formula is C15H29N5S. The number of thiocarbonyl (C=S) groups is 1. The van der Waals surface area contributed by atoms with Crippen LogP contribution in [0.25, 0.3) is 0 Å². The van der Waals surface area contributed by atoms with Crippen LogP contribution in [0.1, 0.15) is 38.4 Å². The lowest BCUT2D eigenvalue weighted by Gasteiger charge is -2.18. The number of nitrogens with zero attached hydrogens (tertiary/aromatic N) is 3. The molecule has 0 saturated heterocycles. The Morgan fingerprint density at radius 2 is 2.00 bits per heavy atom. The molecule has 5 nitrogen and oxygen atoms in total. The smallest absolute Gasteiger partial charge is 0.166 e. The first-order valence-corrected chi connectivity index (χ1v) is 8.28. The van der Waals surface area contributed by atoms with Crippen molar-refractivity contribution in [1.29, 1.82) is 0 Å². The Labute approximate surface area is 134 Å². The molecule has 2 N–H and O–H groups in total. The SMILES string of the molecule is CCN(CC)CCCNC(=S)NCc1cn(CC)nc1C. The molecule has 0 aromatic carbocycles. The minimum absolute atomic E-state index is 0.721. The van der Waals surface area contributed by atoms with Crippen molar-refractivity contribution in [1.82, 2.24) is 25.3 Å². The summed E-state index contributed by atoms with van der Waals surface area (Å²) in [5.74, 6) is 0. The number of rotatable bonds is 9. The summed E-state index contributed by atoms with van der Waals surface area (Å²) >= 11 is 5.30. The molecule has 0 aliphatic carbocycles. The predicted molar refractivity (Wildman–Crippen MR) is 92.5 cm³/mol. The molecule has 0 aliphatic heterocycles. The van der Waals surface area contributed by atoms with Crippen LogP contribution < -0.4 is 10.6 Å². The van der Waals surface area contributed by atoms with Crippen LogP contribution >= 0.6 is 12.2 Å². The lowest BCUT2D eigenvalue weighted by Crippen LogP contribution is -2.36. The number of nitrogens with one attached hydrogen (secondary N) is 2. The molecule has 0 atom stereocenters. The summed E-state index contributed by atoms with van der Waals surface area (Å²) in [4.78, 5) is 2.42. The van der Waals surface area contributed by atoms with E-state index in [1.165, 1.54) is 5.56 Å². The fourth-order valence-electron chi connectivity index (χ4n) is 2.18. The van der Waals surface area contributed by atoms with Gasteiger partial charge in [-0.1, -0.05) is 13.8 Å². The van der Waals surface area contributed by atoms with Gasteiger partial charge >= 0.3 is 0 Å². The van der Waals surface area contributed by atoms with E-state index in [0.717, 1.165) is 56.5 Å². The molecule has 21 heavy (non-hydrogen) atoms. The summed E-state index contributed by atoms with van der Waals surface area (Å²) in [5, 5.41) is 11.7. The van der Waals surface area contributed by atoms with Gasteiger partial charge in [0.15, 0.2) is 5.11 Å². The van der Waals surface area contributed by atoms with Crippen molar-refractivity contribution < 1.29 is 0 Å². The van der Waals surface area contributed by atoms with Gasteiger partial charge in [-0.25, -0.2) is 0 Å². The van der Waals surface area contributed by atoms with Gasteiger partial charge in [0, 0.05) is 31.4 Å². The second-order valence-corrected chi connectivity index (χ2v) is 5.49. The van der Waals surface area contributed by atoms with Gasteiger partial charge in [0.05, 0.1) is 5.69 Å². The van der Waals surface area contributed by atoms with E-state index in [2.05, 4.69) is 47.6 Å². The Kier molecular flexibility index (Phi) is 8.30. The maximum absolute atomic E-state index is 5.30. The topological polar surface area (TPSA) is 45.1 Å². The molecule has 1 heterocycles. The van der Waals surface area contributed by atoms with E-state index < -0.39 is 0 Å². The number of aromatic nitrogens is 2. The van der Waals surface area contributed by atoms with Gasteiger partial charge < -0.3 is 15.5 Å². The summed E-state index contributed by atoms with van der Waals surface area (Å²) in [7, 11) is 0. The third-order valence-electron chi connectivity index (χ3n) is 3.64. The minimum Gasteiger partial charge on any atom is -0.363 e. The van der Waals surface area contributed by atoms with Gasteiger partial charge in [-0.3, -0.25) is 4.68 Å². The van der Waals surface area contributed by atoms with Crippen LogP contribution in [0.15, 0.2) is 6.20 Å². The Morgan fingerprint density at radius 1 is 1.29 bits per heavy atom. The summed E-state index contributed by atoms with van der Waals surface area (Å²) in [6.45, 7) is 14.4. The quantitative estimate of drug-likeness (QED) is 0.539. The first-order chi connectivity index (χ1) is 10.1. The Balaban J connectivity index is 2.20. The third-order valence-corrected chi connectivity index (χ3v) is 3.93. The standard InChI is InChI=1S/C15H29N5S/c1-5-19(6-2)10-8-9-16-15(21)17-11-14-12-20(7-3)18-13(14)4/h12H,5-11H2,1-4H3,(H2,16,17,21). The van der Waals surface area contributed by atoms with Crippen molar-refractivity contribution in [2.45, 2.75) is 47.2 Å². The lowest BCUT2D eigenvalue weighted by atomic mass is 10.3. The van der Waals surface area contributed by atoms with Gasteiger partial charge in [0.2, 0.25) is 0 Å². The largest absolute Gasteiger partial charge is 0.363 e. The molecular weight excluding hydrogens is 282 g/mol. The second kappa shape index (κ2) is 9.73. The molecule has 1 aromatic heterocycles. The summed E-state index contributed by atoms with van der Waals surface area (Å²) in [6, 6.07) is 0. The van der Waals surface area contributed by atoms with Crippen molar-refractivity contribution in [3.63, 3.8) is 0 Å². The zero-order chi connectivity index (χ0) is 15.7. The van der Waals surface area contributed by atoms with Crippen molar-refractivity contribution in [2.24, 2.45) is 0 Å². The van der Waals surface area contributed by atoms with E-state index in [4.69, 9.17) is 12.2 Å². The fourth-order valence-corrected chi connectivity index (χ4v) is 2.35. The molecule has 6 heteroatoms. The molecule has 1 aromatic rings. The van der Waals surface area contributed by atoms with Crippen LogP contribution in [0.2, 0.25) is 0 Å². The van der Waals surface area contributed by atoms with E-state index in [1.54, 1.807) is 0 Å². The lowest BCUT2D eigenvalue weighted by molar-refractivity contribution is 0.300. The van der Waals surface area contributed by atoms with Crippen LogP contribution in [-0.2, 0) is 13.1 Å². The molecule has 0 bridgehead atoms. The Morgan fingerprint density at radius 3 is 2.57 bits per heavy atom. The molecule has 0 radical (unpaired) electrons. The summed E-state index contributed by atoms with van der Waals surface area (Å²) < 4.78 is 1.95. The van der Waals surface area contributed by atoms with Crippen molar-refractivity contribution in [3.8, 4) is 0 Å². The molecule has 0 amide bonds. The van der Waals surface area contributed by atoms with Crippen LogP contribution in [-0.4, -0.2) is 46.0 Å². The highest BCUT2D eigenvalue weighted by atomic mass is 32.1. The van der Waals surface area contributed by atoms with Crippen molar-refractivity contribution in [3.05, 3.63) is 17.5 Å². The van der Waals surface area contributed by atoms with Gasteiger partial charge in [0.1, 0.15) is 0 Å². The number of aryl methyl sites for hydroxylation is 2. The summed E-state index contributed by atoms with van der Waals surface area (Å²) in [6.07, 6.45) is 3.18. The third kappa shape index (κ3) is 6.44. The van der Waals surface area contributed by atoms with Gasteiger partial charge in [-0.05, 0) is 52.1 Å². The van der Waals surface area contributed by atoms with Crippen molar-refractivity contribution in [2.75, 3.05) is 26.2 Å². The maximum Gasteiger partial charge on any atom is 0.166 e. The number of hydrogen-bond donors (Lipinski definition) is 2. The number of hydrogen-bond acceptors (Lipinski definition) is 3. The van der Waals surface area contributed by atoms with Gasteiger partial charge in [-0.15, -0.1) is 0 Å². The summed E-state index contributed by atoms with van der Waals surface area (Å²) in [5.41, 5.74) is 2.26. The first-order valence-electron chi connectivity index (χ1n) is 7.87. The Hall–Kier alpha value is -1.14. The minimum atomic E-state index is 0.721. The average molecular weight is 311 g/mol. The molecule has 1 rings (SSSR count). The zero-order valence-corrected chi connectivity index (χ0v) is 14.6. The van der Waals surface area contributed by atoms with E-state index >= 15 is 0 Å². The highest BCUT2D eigenvalue weighted by Gasteiger charge is 2.04. The highest BCUT2D eigenvalue weighted by Crippen LogP contribution is 2.04. The van der Waals surface area contributed by atoms with Crippen LogP contribution in [0.5, 0.6) is 0 Å². The van der Waals surface area contributed by atoms with E-state index in [1.807, 2.05) is 11.6 Å². The zero-order valence-electron chi connectivity index (χ0n) is 13.8. The van der Waals surface area contributed by atoms with E-state index in [9.17, 15) is 0 Å². The second-order valence-electron chi connectivity index (χ2n) is 5.09. The molecule has 0 aliphatic rings. The molecule has 120 valence electrons. The molecule has 0 fully saturated rings. The monoisotopic (exact) mass is 311 g/mol.